The SMILES string of the molecule is Cl.NC1(C(=O)NC2CCSc3ccc(Cl)cc32)CCCCC1. The van der Waals surface area contributed by atoms with E-state index in [1.54, 1.807) is 0 Å². The van der Waals surface area contributed by atoms with Crippen molar-refractivity contribution in [3.8, 4) is 0 Å². The summed E-state index contributed by atoms with van der Waals surface area (Å²) in [6.07, 6.45) is 5.80. The molecule has 1 aliphatic carbocycles. The molecule has 1 aromatic rings. The molecule has 1 atom stereocenters. The second kappa shape index (κ2) is 7.43. The molecule has 0 bridgehead atoms. The monoisotopic (exact) mass is 360 g/mol. The third kappa shape index (κ3) is 3.73. The van der Waals surface area contributed by atoms with Gasteiger partial charge in [0.15, 0.2) is 0 Å². The molecular weight excluding hydrogens is 339 g/mol. The van der Waals surface area contributed by atoms with Crippen LogP contribution < -0.4 is 11.1 Å². The van der Waals surface area contributed by atoms with Gasteiger partial charge in [0.05, 0.1) is 11.6 Å². The van der Waals surface area contributed by atoms with E-state index in [1.807, 2.05) is 30.0 Å². The number of hydrogen-bond donors (Lipinski definition) is 2. The van der Waals surface area contributed by atoms with Gasteiger partial charge in [0.25, 0.3) is 0 Å². The first-order valence-electron chi connectivity index (χ1n) is 7.61. The van der Waals surface area contributed by atoms with Crippen LogP contribution in [-0.2, 0) is 4.79 Å². The van der Waals surface area contributed by atoms with Crippen molar-refractivity contribution in [2.45, 2.75) is 55.0 Å². The minimum Gasteiger partial charge on any atom is -0.348 e. The van der Waals surface area contributed by atoms with Crippen molar-refractivity contribution >= 4 is 41.7 Å². The second-order valence-electron chi connectivity index (χ2n) is 6.06. The molecule has 122 valence electrons. The van der Waals surface area contributed by atoms with E-state index in [4.69, 9.17) is 17.3 Å². The fourth-order valence-electron chi connectivity index (χ4n) is 3.23. The summed E-state index contributed by atoms with van der Waals surface area (Å²) in [4.78, 5) is 13.8. The summed E-state index contributed by atoms with van der Waals surface area (Å²) in [7, 11) is 0. The van der Waals surface area contributed by atoms with Crippen LogP contribution in [0.15, 0.2) is 23.1 Å². The summed E-state index contributed by atoms with van der Waals surface area (Å²) < 4.78 is 0. The van der Waals surface area contributed by atoms with Crippen molar-refractivity contribution in [3.05, 3.63) is 28.8 Å². The Morgan fingerprint density at radius 2 is 2.05 bits per heavy atom. The van der Waals surface area contributed by atoms with E-state index in [2.05, 4.69) is 5.32 Å². The number of benzene rings is 1. The predicted octanol–water partition coefficient (Wildman–Crippen LogP) is 4.08. The highest BCUT2D eigenvalue weighted by atomic mass is 35.5. The number of carbonyl (C=O) groups excluding carboxylic acids is 1. The van der Waals surface area contributed by atoms with Gasteiger partial charge in [-0.05, 0) is 43.0 Å². The lowest BCUT2D eigenvalue weighted by atomic mass is 9.81. The molecule has 22 heavy (non-hydrogen) atoms. The van der Waals surface area contributed by atoms with Crippen LogP contribution in [0, 0.1) is 0 Å². The molecule has 1 aliphatic heterocycles. The van der Waals surface area contributed by atoms with Gasteiger partial charge in [-0.2, -0.15) is 0 Å². The number of carbonyl (C=O) groups is 1. The third-order valence-corrected chi connectivity index (χ3v) is 5.87. The Hall–Kier alpha value is -0.420. The van der Waals surface area contributed by atoms with Gasteiger partial charge >= 0.3 is 0 Å². The first-order valence-corrected chi connectivity index (χ1v) is 8.97. The largest absolute Gasteiger partial charge is 0.348 e. The van der Waals surface area contributed by atoms with Crippen molar-refractivity contribution in [3.63, 3.8) is 0 Å². The fraction of sp³-hybridized carbons (Fsp3) is 0.562. The van der Waals surface area contributed by atoms with Crippen molar-refractivity contribution in [1.29, 1.82) is 0 Å². The van der Waals surface area contributed by atoms with E-state index in [0.29, 0.717) is 0 Å². The van der Waals surface area contributed by atoms with E-state index in [9.17, 15) is 4.79 Å². The van der Waals surface area contributed by atoms with Gasteiger partial charge in [-0.1, -0.05) is 30.9 Å². The zero-order chi connectivity index (χ0) is 14.9. The molecule has 1 saturated carbocycles. The molecule has 1 unspecified atom stereocenters. The molecule has 3 N–H and O–H groups in total. The highest BCUT2D eigenvalue weighted by Gasteiger charge is 2.37. The number of fused-ring (bicyclic) bond motifs is 1. The van der Waals surface area contributed by atoms with E-state index in [0.717, 1.165) is 48.4 Å². The number of amides is 1. The Kier molecular flexibility index (Phi) is 6.06. The number of halogens is 2. The molecule has 1 amide bonds. The van der Waals surface area contributed by atoms with Crippen LogP contribution in [-0.4, -0.2) is 17.2 Å². The third-order valence-electron chi connectivity index (χ3n) is 4.51. The Labute approximate surface area is 147 Å². The maximum absolute atomic E-state index is 12.6. The van der Waals surface area contributed by atoms with Crippen LogP contribution in [0.5, 0.6) is 0 Å². The van der Waals surface area contributed by atoms with E-state index in [-0.39, 0.29) is 24.4 Å². The smallest absolute Gasteiger partial charge is 0.240 e. The second-order valence-corrected chi connectivity index (χ2v) is 7.64. The topological polar surface area (TPSA) is 55.1 Å². The van der Waals surface area contributed by atoms with Crippen LogP contribution in [0.2, 0.25) is 5.02 Å². The lowest BCUT2D eigenvalue weighted by molar-refractivity contribution is -0.128. The van der Waals surface area contributed by atoms with Crippen molar-refractivity contribution in [1.82, 2.24) is 5.32 Å². The first-order chi connectivity index (χ1) is 10.1. The minimum absolute atomic E-state index is 0. The van der Waals surface area contributed by atoms with Crippen LogP contribution in [0.4, 0.5) is 0 Å². The van der Waals surface area contributed by atoms with Gasteiger partial charge in [-0.3, -0.25) is 4.79 Å². The molecule has 3 nitrogen and oxygen atoms in total. The Morgan fingerprint density at radius 3 is 2.77 bits per heavy atom. The molecule has 3 rings (SSSR count). The van der Waals surface area contributed by atoms with Gasteiger partial charge in [0.2, 0.25) is 5.91 Å². The van der Waals surface area contributed by atoms with Gasteiger partial charge < -0.3 is 11.1 Å². The first kappa shape index (κ1) is 17.9. The summed E-state index contributed by atoms with van der Waals surface area (Å²) in [6.45, 7) is 0. The molecule has 0 radical (unpaired) electrons. The number of rotatable bonds is 2. The number of thioether (sulfide) groups is 1. The Morgan fingerprint density at radius 1 is 1.32 bits per heavy atom. The Balaban J connectivity index is 0.00000176. The normalized spacial score (nSPS) is 23.1. The van der Waals surface area contributed by atoms with Crippen LogP contribution in [0.3, 0.4) is 0 Å². The van der Waals surface area contributed by atoms with Crippen molar-refractivity contribution in [2.75, 3.05) is 5.75 Å². The number of nitrogens with one attached hydrogen (secondary N) is 1. The van der Waals surface area contributed by atoms with Gasteiger partial charge in [0.1, 0.15) is 0 Å². The lowest BCUT2D eigenvalue weighted by Gasteiger charge is -2.35. The average Bonchev–Trinajstić information content (AvgIpc) is 2.48. The average molecular weight is 361 g/mol. The molecule has 1 aromatic carbocycles. The van der Waals surface area contributed by atoms with Crippen LogP contribution >= 0.6 is 35.8 Å². The van der Waals surface area contributed by atoms with E-state index in [1.165, 1.54) is 11.3 Å². The van der Waals surface area contributed by atoms with E-state index >= 15 is 0 Å². The molecule has 2 aliphatic rings. The summed E-state index contributed by atoms with van der Waals surface area (Å²) >= 11 is 7.93. The summed E-state index contributed by atoms with van der Waals surface area (Å²) in [5.41, 5.74) is 6.78. The van der Waals surface area contributed by atoms with Crippen LogP contribution in [0.25, 0.3) is 0 Å². The maximum Gasteiger partial charge on any atom is 0.240 e. The summed E-state index contributed by atoms with van der Waals surface area (Å²) in [5, 5.41) is 3.89. The lowest BCUT2D eigenvalue weighted by Crippen LogP contribution is -2.55. The molecule has 6 heteroatoms. The predicted molar refractivity (Wildman–Crippen MR) is 94.9 cm³/mol. The number of nitrogens with two attached hydrogens (primary N) is 1. The van der Waals surface area contributed by atoms with Gasteiger partial charge in [0, 0.05) is 15.7 Å². The van der Waals surface area contributed by atoms with Gasteiger partial charge in [-0.25, -0.2) is 0 Å². The zero-order valence-corrected chi connectivity index (χ0v) is 14.8. The Bertz CT molecular complexity index is 547. The molecule has 0 aromatic heterocycles. The van der Waals surface area contributed by atoms with Gasteiger partial charge in [-0.15, -0.1) is 24.2 Å². The highest BCUT2D eigenvalue weighted by molar-refractivity contribution is 7.99. The molecule has 0 saturated heterocycles. The highest BCUT2D eigenvalue weighted by Crippen LogP contribution is 2.38. The molecule has 1 heterocycles. The quantitative estimate of drug-likeness (QED) is 0.835. The number of hydrogen-bond acceptors (Lipinski definition) is 3. The minimum atomic E-state index is -0.679. The van der Waals surface area contributed by atoms with E-state index < -0.39 is 5.54 Å². The summed E-state index contributed by atoms with van der Waals surface area (Å²) in [5.74, 6) is 1.02. The van der Waals surface area contributed by atoms with Crippen molar-refractivity contribution in [2.24, 2.45) is 5.73 Å². The maximum atomic E-state index is 12.6. The summed E-state index contributed by atoms with van der Waals surface area (Å²) in [6, 6.07) is 5.95. The zero-order valence-electron chi connectivity index (χ0n) is 12.4. The van der Waals surface area contributed by atoms with Crippen LogP contribution in [0.1, 0.15) is 50.1 Å². The standard InChI is InChI=1S/C16H21ClN2OS.ClH/c17-11-4-5-14-12(10-11)13(6-9-21-14)19-15(20)16(18)7-2-1-3-8-16;/h4-5,10,13H,1-3,6-9,18H2,(H,19,20);1H. The molecular formula is C16H22Cl2N2OS. The molecule has 0 spiro atoms. The van der Waals surface area contributed by atoms with Crippen molar-refractivity contribution < 1.29 is 4.79 Å². The fourth-order valence-corrected chi connectivity index (χ4v) is 4.51. The molecule has 1 fully saturated rings.